The van der Waals surface area contributed by atoms with Crippen molar-refractivity contribution in [2.24, 2.45) is 0 Å². The number of hydrogen-bond donors (Lipinski definition) is 2. The Kier molecular flexibility index (Phi) is 7.90. The normalized spacial score (nSPS) is 15.9. The Balaban J connectivity index is 1.51. The number of aryl methyl sites for hydroxylation is 1. The molecule has 1 amide bonds. The van der Waals surface area contributed by atoms with Crippen molar-refractivity contribution in [3.8, 4) is 11.5 Å². The van der Waals surface area contributed by atoms with Crippen molar-refractivity contribution in [3.63, 3.8) is 0 Å². The van der Waals surface area contributed by atoms with E-state index >= 15 is 0 Å². The van der Waals surface area contributed by atoms with E-state index in [4.69, 9.17) is 14.2 Å². The second kappa shape index (κ2) is 10.8. The van der Waals surface area contributed by atoms with E-state index in [2.05, 4.69) is 10.6 Å². The van der Waals surface area contributed by atoms with Crippen LogP contribution in [0.1, 0.15) is 30.9 Å². The van der Waals surface area contributed by atoms with Crippen molar-refractivity contribution >= 4 is 11.6 Å². The number of carbonyl (C=O) groups is 1. The van der Waals surface area contributed by atoms with Gasteiger partial charge in [-0.25, -0.2) is 0 Å². The lowest BCUT2D eigenvalue weighted by atomic mass is 10.2. The van der Waals surface area contributed by atoms with E-state index in [0.29, 0.717) is 24.2 Å². The number of hydrogen-bond acceptors (Lipinski definition) is 5. The maximum atomic E-state index is 12.2. The summed E-state index contributed by atoms with van der Waals surface area (Å²) in [6.07, 6.45) is 2.58. The maximum absolute atomic E-state index is 12.2. The number of rotatable bonds is 10. The molecule has 1 fully saturated rings. The molecule has 1 aliphatic heterocycles. The van der Waals surface area contributed by atoms with Gasteiger partial charge in [-0.05, 0) is 56.5 Å². The first kappa shape index (κ1) is 21.1. The Morgan fingerprint density at radius 2 is 1.97 bits per heavy atom. The van der Waals surface area contributed by atoms with Crippen LogP contribution >= 0.6 is 0 Å². The SMILES string of the molecule is CCOc1cc(CNCC2CCCO2)ccc1OCC(=O)Nc1ccc(C)cc1. The smallest absolute Gasteiger partial charge is 0.262 e. The number of anilines is 1. The zero-order valence-electron chi connectivity index (χ0n) is 17.2. The molecule has 0 bridgehead atoms. The molecule has 29 heavy (non-hydrogen) atoms. The quantitative estimate of drug-likeness (QED) is 0.639. The molecule has 1 heterocycles. The van der Waals surface area contributed by atoms with Crippen molar-refractivity contribution in [1.29, 1.82) is 0 Å². The van der Waals surface area contributed by atoms with E-state index in [0.717, 1.165) is 49.4 Å². The Hall–Kier alpha value is -2.57. The molecule has 1 atom stereocenters. The Bertz CT molecular complexity index is 786. The largest absolute Gasteiger partial charge is 0.490 e. The lowest BCUT2D eigenvalue weighted by Gasteiger charge is -2.15. The molecule has 0 spiro atoms. The van der Waals surface area contributed by atoms with Crippen LogP contribution in [0.5, 0.6) is 11.5 Å². The zero-order valence-corrected chi connectivity index (χ0v) is 17.2. The van der Waals surface area contributed by atoms with Gasteiger partial charge in [-0.1, -0.05) is 23.8 Å². The van der Waals surface area contributed by atoms with Crippen LogP contribution in [0.25, 0.3) is 0 Å². The average molecular weight is 399 g/mol. The van der Waals surface area contributed by atoms with E-state index in [9.17, 15) is 4.79 Å². The first-order valence-electron chi connectivity index (χ1n) is 10.2. The van der Waals surface area contributed by atoms with Gasteiger partial charge in [-0.2, -0.15) is 0 Å². The highest BCUT2D eigenvalue weighted by Crippen LogP contribution is 2.28. The summed E-state index contributed by atoms with van der Waals surface area (Å²) >= 11 is 0. The van der Waals surface area contributed by atoms with Crippen molar-refractivity contribution in [2.45, 2.75) is 39.3 Å². The van der Waals surface area contributed by atoms with Crippen molar-refractivity contribution in [3.05, 3.63) is 53.6 Å². The summed E-state index contributed by atoms with van der Waals surface area (Å²) in [6, 6.07) is 13.4. The molecule has 2 N–H and O–H groups in total. The summed E-state index contributed by atoms with van der Waals surface area (Å²) in [6.45, 7) is 6.82. The van der Waals surface area contributed by atoms with Gasteiger partial charge in [-0.15, -0.1) is 0 Å². The molecule has 3 rings (SSSR count). The van der Waals surface area contributed by atoms with Crippen LogP contribution in [0.4, 0.5) is 5.69 Å². The lowest BCUT2D eigenvalue weighted by molar-refractivity contribution is -0.118. The van der Waals surface area contributed by atoms with Crippen molar-refractivity contribution in [2.75, 3.05) is 31.7 Å². The number of carbonyl (C=O) groups excluding carboxylic acids is 1. The fraction of sp³-hybridized carbons (Fsp3) is 0.435. The molecule has 1 aliphatic rings. The lowest BCUT2D eigenvalue weighted by Crippen LogP contribution is -2.25. The van der Waals surface area contributed by atoms with Gasteiger partial charge in [0.1, 0.15) is 0 Å². The molecule has 1 unspecified atom stereocenters. The monoisotopic (exact) mass is 398 g/mol. The fourth-order valence-electron chi connectivity index (χ4n) is 3.21. The van der Waals surface area contributed by atoms with Gasteiger partial charge in [0, 0.05) is 25.4 Å². The summed E-state index contributed by atoms with van der Waals surface area (Å²) in [7, 11) is 0. The first-order chi connectivity index (χ1) is 14.1. The van der Waals surface area contributed by atoms with Crippen LogP contribution in [-0.4, -0.2) is 38.4 Å². The predicted molar refractivity (Wildman–Crippen MR) is 114 cm³/mol. The zero-order chi connectivity index (χ0) is 20.5. The molecular weight excluding hydrogens is 368 g/mol. The molecule has 0 aromatic heterocycles. The van der Waals surface area contributed by atoms with Crippen LogP contribution in [0.2, 0.25) is 0 Å². The van der Waals surface area contributed by atoms with Crippen LogP contribution in [-0.2, 0) is 16.1 Å². The summed E-state index contributed by atoms with van der Waals surface area (Å²) in [5.74, 6) is 0.999. The second-order valence-corrected chi connectivity index (χ2v) is 7.18. The molecule has 6 heteroatoms. The van der Waals surface area contributed by atoms with E-state index in [1.165, 1.54) is 0 Å². The third-order valence-corrected chi connectivity index (χ3v) is 4.73. The van der Waals surface area contributed by atoms with Gasteiger partial charge in [-0.3, -0.25) is 4.79 Å². The Morgan fingerprint density at radius 3 is 2.69 bits per heavy atom. The fourth-order valence-corrected chi connectivity index (χ4v) is 3.21. The predicted octanol–water partition coefficient (Wildman–Crippen LogP) is 3.68. The van der Waals surface area contributed by atoms with Crippen molar-refractivity contribution in [1.82, 2.24) is 5.32 Å². The molecule has 2 aromatic carbocycles. The average Bonchev–Trinajstić information content (AvgIpc) is 3.23. The Labute approximate surface area is 172 Å². The number of nitrogens with one attached hydrogen (secondary N) is 2. The molecule has 156 valence electrons. The van der Waals surface area contributed by atoms with E-state index in [1.54, 1.807) is 0 Å². The highest BCUT2D eigenvalue weighted by Gasteiger charge is 2.15. The summed E-state index contributed by atoms with van der Waals surface area (Å²) in [5, 5.41) is 6.26. The maximum Gasteiger partial charge on any atom is 0.262 e. The van der Waals surface area contributed by atoms with Crippen LogP contribution in [0.15, 0.2) is 42.5 Å². The van der Waals surface area contributed by atoms with Gasteiger partial charge in [0.15, 0.2) is 18.1 Å². The van der Waals surface area contributed by atoms with Gasteiger partial charge in [0.2, 0.25) is 0 Å². The van der Waals surface area contributed by atoms with Crippen LogP contribution < -0.4 is 20.1 Å². The Morgan fingerprint density at radius 1 is 1.14 bits per heavy atom. The molecular formula is C23H30N2O4. The minimum Gasteiger partial charge on any atom is -0.490 e. The first-order valence-corrected chi connectivity index (χ1v) is 10.2. The van der Waals surface area contributed by atoms with Crippen LogP contribution in [0, 0.1) is 6.92 Å². The minimum absolute atomic E-state index is 0.0788. The second-order valence-electron chi connectivity index (χ2n) is 7.18. The molecule has 0 saturated carbocycles. The summed E-state index contributed by atoms with van der Waals surface area (Å²) < 4.78 is 17.1. The summed E-state index contributed by atoms with van der Waals surface area (Å²) in [5.41, 5.74) is 3.00. The molecule has 0 radical (unpaired) electrons. The van der Waals surface area contributed by atoms with Gasteiger partial charge in [0.05, 0.1) is 12.7 Å². The highest BCUT2D eigenvalue weighted by molar-refractivity contribution is 5.91. The van der Waals surface area contributed by atoms with Gasteiger partial charge >= 0.3 is 0 Å². The number of amides is 1. The topological polar surface area (TPSA) is 68.8 Å². The minimum atomic E-state index is -0.210. The highest BCUT2D eigenvalue weighted by atomic mass is 16.5. The summed E-state index contributed by atoms with van der Waals surface area (Å²) in [4.78, 5) is 12.2. The van der Waals surface area contributed by atoms with Gasteiger partial charge < -0.3 is 24.8 Å². The van der Waals surface area contributed by atoms with Crippen LogP contribution in [0.3, 0.4) is 0 Å². The third kappa shape index (κ3) is 6.76. The number of ether oxygens (including phenoxy) is 3. The molecule has 2 aromatic rings. The molecule has 1 saturated heterocycles. The van der Waals surface area contributed by atoms with E-state index in [1.807, 2.05) is 56.3 Å². The van der Waals surface area contributed by atoms with E-state index < -0.39 is 0 Å². The van der Waals surface area contributed by atoms with Gasteiger partial charge in [0.25, 0.3) is 5.91 Å². The van der Waals surface area contributed by atoms with E-state index in [-0.39, 0.29) is 12.5 Å². The standard InChI is InChI=1S/C23H30N2O4/c1-3-27-22-13-18(14-24-15-20-5-4-12-28-20)8-11-21(22)29-16-23(26)25-19-9-6-17(2)7-10-19/h6-11,13,20,24H,3-5,12,14-16H2,1-2H3,(H,25,26). The molecule has 6 nitrogen and oxygen atoms in total. The number of benzene rings is 2. The molecule has 0 aliphatic carbocycles. The third-order valence-electron chi connectivity index (χ3n) is 4.73. The van der Waals surface area contributed by atoms with Crippen molar-refractivity contribution < 1.29 is 19.0 Å².